The fraction of sp³-hybridized carbons (Fsp3) is 0.429. The summed E-state index contributed by atoms with van der Waals surface area (Å²) in [5.74, 6) is 0.126. The summed E-state index contributed by atoms with van der Waals surface area (Å²) >= 11 is 0. The number of aryl methyl sites for hydroxylation is 1. The van der Waals surface area contributed by atoms with E-state index in [1.807, 2.05) is 0 Å². The Bertz CT molecular complexity index is 513. The second-order valence-electron chi connectivity index (χ2n) is 4.98. The van der Waals surface area contributed by atoms with Crippen molar-refractivity contribution >= 4 is 11.8 Å². The molecule has 2 amide bonds. The van der Waals surface area contributed by atoms with Gasteiger partial charge in [0.15, 0.2) is 0 Å². The Morgan fingerprint density at radius 2 is 2.21 bits per heavy atom. The molecule has 1 fully saturated rings. The van der Waals surface area contributed by atoms with Crippen molar-refractivity contribution in [2.75, 3.05) is 13.6 Å². The molecule has 1 aliphatic heterocycles. The smallest absolute Gasteiger partial charge is 0.251 e. The van der Waals surface area contributed by atoms with E-state index in [4.69, 9.17) is 0 Å². The Morgan fingerprint density at radius 1 is 1.47 bits per heavy atom. The van der Waals surface area contributed by atoms with Crippen molar-refractivity contribution in [3.8, 4) is 5.75 Å². The van der Waals surface area contributed by atoms with Crippen molar-refractivity contribution in [1.82, 2.24) is 10.2 Å². The number of likely N-dealkylation sites (tertiary alicyclic amines) is 1. The number of hydrogen-bond acceptors (Lipinski definition) is 3. The first-order valence-electron chi connectivity index (χ1n) is 6.32. The molecule has 1 saturated heterocycles. The molecule has 1 aromatic rings. The van der Waals surface area contributed by atoms with Crippen molar-refractivity contribution in [3.63, 3.8) is 0 Å². The number of carbonyl (C=O) groups is 2. The number of nitrogens with zero attached hydrogens (tertiary/aromatic N) is 1. The lowest BCUT2D eigenvalue weighted by Crippen LogP contribution is -2.48. The number of phenolic OH excluding ortho intramolecular Hbond substituents is 1. The molecule has 0 radical (unpaired) electrons. The second kappa shape index (κ2) is 5.30. The lowest BCUT2D eigenvalue weighted by Gasteiger charge is -2.30. The lowest BCUT2D eigenvalue weighted by molar-refractivity contribution is -0.132. The first-order valence-corrected chi connectivity index (χ1v) is 6.32. The van der Waals surface area contributed by atoms with Crippen molar-refractivity contribution < 1.29 is 14.7 Å². The Hall–Kier alpha value is -2.04. The van der Waals surface area contributed by atoms with Crippen molar-refractivity contribution in [2.45, 2.75) is 25.8 Å². The molecule has 102 valence electrons. The number of phenols is 1. The molecule has 19 heavy (non-hydrogen) atoms. The zero-order valence-corrected chi connectivity index (χ0v) is 11.1. The van der Waals surface area contributed by atoms with E-state index in [-0.39, 0.29) is 23.6 Å². The van der Waals surface area contributed by atoms with Gasteiger partial charge < -0.3 is 15.3 Å². The topological polar surface area (TPSA) is 69.6 Å². The van der Waals surface area contributed by atoms with Crippen LogP contribution in [0.25, 0.3) is 0 Å². The largest absolute Gasteiger partial charge is 0.508 e. The van der Waals surface area contributed by atoms with Crippen LogP contribution in [-0.2, 0) is 4.79 Å². The Labute approximate surface area is 112 Å². The minimum absolute atomic E-state index is 0.00990. The summed E-state index contributed by atoms with van der Waals surface area (Å²) in [7, 11) is 1.74. The highest BCUT2D eigenvalue weighted by atomic mass is 16.3. The van der Waals surface area contributed by atoms with Crippen LogP contribution in [0.2, 0.25) is 0 Å². The summed E-state index contributed by atoms with van der Waals surface area (Å²) in [6.07, 6.45) is 1.14. The van der Waals surface area contributed by atoms with E-state index in [1.54, 1.807) is 31.0 Å². The van der Waals surface area contributed by atoms with E-state index in [1.165, 1.54) is 6.07 Å². The predicted molar refractivity (Wildman–Crippen MR) is 71.0 cm³/mol. The van der Waals surface area contributed by atoms with E-state index in [9.17, 15) is 14.7 Å². The number of likely N-dealkylation sites (N-methyl/N-ethyl adjacent to an activating group) is 1. The van der Waals surface area contributed by atoms with E-state index in [0.717, 1.165) is 0 Å². The predicted octanol–water partition coefficient (Wildman–Crippen LogP) is 1.05. The molecule has 0 aromatic heterocycles. The maximum absolute atomic E-state index is 12.1. The molecule has 2 rings (SSSR count). The average molecular weight is 262 g/mol. The van der Waals surface area contributed by atoms with Crippen LogP contribution < -0.4 is 5.32 Å². The van der Waals surface area contributed by atoms with Crippen LogP contribution in [0.5, 0.6) is 5.75 Å². The first kappa shape index (κ1) is 13.4. The molecule has 1 aromatic carbocycles. The minimum atomic E-state index is -0.171. The Kier molecular flexibility index (Phi) is 3.74. The van der Waals surface area contributed by atoms with Gasteiger partial charge >= 0.3 is 0 Å². The molecule has 0 saturated carbocycles. The monoisotopic (exact) mass is 262 g/mol. The highest BCUT2D eigenvalue weighted by Crippen LogP contribution is 2.17. The molecule has 1 atom stereocenters. The molecular weight excluding hydrogens is 244 g/mol. The molecule has 1 heterocycles. The third kappa shape index (κ3) is 3.05. The molecule has 0 spiro atoms. The maximum atomic E-state index is 12.1. The SMILES string of the molecule is Cc1cc(C(=O)NC2CCC(=O)N(C)C2)ccc1O. The Balaban J connectivity index is 2.01. The fourth-order valence-electron chi connectivity index (χ4n) is 2.20. The lowest BCUT2D eigenvalue weighted by atomic mass is 10.0. The number of rotatable bonds is 2. The molecule has 2 N–H and O–H groups in total. The van der Waals surface area contributed by atoms with Gasteiger partial charge in [0.2, 0.25) is 5.91 Å². The van der Waals surface area contributed by atoms with E-state index >= 15 is 0 Å². The summed E-state index contributed by atoms with van der Waals surface area (Å²) in [5.41, 5.74) is 1.19. The minimum Gasteiger partial charge on any atom is -0.508 e. The quantitative estimate of drug-likeness (QED) is 0.837. The van der Waals surface area contributed by atoms with Crippen LogP contribution in [0.3, 0.4) is 0 Å². The molecule has 0 aliphatic carbocycles. The third-order valence-corrected chi connectivity index (χ3v) is 3.42. The van der Waals surface area contributed by atoms with Gasteiger partial charge in [-0.1, -0.05) is 0 Å². The molecule has 5 heteroatoms. The van der Waals surface area contributed by atoms with Crippen LogP contribution in [0.1, 0.15) is 28.8 Å². The van der Waals surface area contributed by atoms with Crippen molar-refractivity contribution in [3.05, 3.63) is 29.3 Å². The summed E-state index contributed by atoms with van der Waals surface area (Å²) in [4.78, 5) is 25.1. The summed E-state index contributed by atoms with van der Waals surface area (Å²) in [6, 6.07) is 4.75. The number of hydrogen-bond donors (Lipinski definition) is 2. The summed E-state index contributed by atoms with van der Waals surface area (Å²) in [6.45, 7) is 2.29. The van der Waals surface area contributed by atoms with Gasteiger partial charge in [0.1, 0.15) is 5.75 Å². The molecule has 1 unspecified atom stereocenters. The van der Waals surface area contributed by atoms with Crippen LogP contribution in [0, 0.1) is 6.92 Å². The normalized spacial score (nSPS) is 19.4. The Morgan fingerprint density at radius 3 is 2.84 bits per heavy atom. The van der Waals surface area contributed by atoms with E-state index < -0.39 is 0 Å². The van der Waals surface area contributed by atoms with Gasteiger partial charge in [-0.25, -0.2) is 0 Å². The number of carbonyl (C=O) groups excluding carboxylic acids is 2. The molecule has 5 nitrogen and oxygen atoms in total. The van der Waals surface area contributed by atoms with Crippen LogP contribution >= 0.6 is 0 Å². The van der Waals surface area contributed by atoms with Crippen LogP contribution in [0.4, 0.5) is 0 Å². The number of nitrogens with one attached hydrogen (secondary N) is 1. The maximum Gasteiger partial charge on any atom is 0.251 e. The fourth-order valence-corrected chi connectivity index (χ4v) is 2.20. The standard InChI is InChI=1S/C14H18N2O3/c1-9-7-10(3-5-12(9)17)14(19)15-11-4-6-13(18)16(2)8-11/h3,5,7,11,17H,4,6,8H2,1-2H3,(H,15,19). The molecular formula is C14H18N2O3. The van der Waals surface area contributed by atoms with Crippen molar-refractivity contribution in [1.29, 1.82) is 0 Å². The van der Waals surface area contributed by atoms with Gasteiger partial charge in [0.05, 0.1) is 0 Å². The first-order chi connectivity index (χ1) is 8.97. The number of aromatic hydroxyl groups is 1. The molecule has 1 aliphatic rings. The molecule has 0 bridgehead atoms. The van der Waals surface area contributed by atoms with Crippen LogP contribution in [0.15, 0.2) is 18.2 Å². The van der Waals surface area contributed by atoms with Gasteiger partial charge in [0.25, 0.3) is 5.91 Å². The number of piperidine rings is 1. The summed E-state index contributed by atoms with van der Waals surface area (Å²) < 4.78 is 0. The van der Waals surface area contributed by atoms with Crippen LogP contribution in [-0.4, -0.2) is 41.5 Å². The van der Waals surface area contributed by atoms with Crippen molar-refractivity contribution in [2.24, 2.45) is 0 Å². The average Bonchev–Trinajstić information content (AvgIpc) is 2.37. The highest BCUT2D eigenvalue weighted by molar-refractivity contribution is 5.95. The van der Waals surface area contributed by atoms with E-state index in [0.29, 0.717) is 30.5 Å². The van der Waals surface area contributed by atoms with E-state index in [2.05, 4.69) is 5.32 Å². The van der Waals surface area contributed by atoms with Gasteiger partial charge in [-0.05, 0) is 37.1 Å². The summed E-state index contributed by atoms with van der Waals surface area (Å²) in [5, 5.41) is 12.4. The zero-order chi connectivity index (χ0) is 14.0. The number of benzene rings is 1. The zero-order valence-electron chi connectivity index (χ0n) is 11.1. The highest BCUT2D eigenvalue weighted by Gasteiger charge is 2.24. The van der Waals surface area contributed by atoms with Gasteiger partial charge in [-0.2, -0.15) is 0 Å². The number of amides is 2. The van der Waals surface area contributed by atoms with Gasteiger partial charge in [-0.3, -0.25) is 9.59 Å². The van der Waals surface area contributed by atoms with Gasteiger partial charge in [-0.15, -0.1) is 0 Å². The van der Waals surface area contributed by atoms with Gasteiger partial charge in [0, 0.05) is 31.6 Å². The second-order valence-corrected chi connectivity index (χ2v) is 4.98. The third-order valence-electron chi connectivity index (χ3n) is 3.42.